The molecule has 0 aliphatic heterocycles. The Morgan fingerprint density at radius 2 is 1.77 bits per heavy atom. The van der Waals surface area contributed by atoms with Gasteiger partial charge in [-0.2, -0.15) is 0 Å². The number of nitrogens with zero attached hydrogens (tertiary/aromatic N) is 3. The molecule has 180 valence electrons. The zero-order valence-electron chi connectivity index (χ0n) is 18.2. The summed E-state index contributed by atoms with van der Waals surface area (Å²) in [5.41, 5.74) is 1.99. The van der Waals surface area contributed by atoms with E-state index >= 15 is 0 Å². The average molecular weight is 484 g/mol. The molecule has 0 saturated carbocycles. The van der Waals surface area contributed by atoms with E-state index in [2.05, 4.69) is 25.2 Å². The summed E-state index contributed by atoms with van der Waals surface area (Å²) >= 11 is 0. The molecule has 8 nitrogen and oxygen atoms in total. The van der Waals surface area contributed by atoms with Gasteiger partial charge in [-0.05, 0) is 35.4 Å². The predicted octanol–water partition coefficient (Wildman–Crippen LogP) is 4.93. The normalized spacial score (nSPS) is 11.2. The molecule has 4 rings (SSSR count). The summed E-state index contributed by atoms with van der Waals surface area (Å²) in [6.45, 7) is 0.385. The number of rotatable bonds is 9. The summed E-state index contributed by atoms with van der Waals surface area (Å²) in [5.74, 6) is -0.00377. The van der Waals surface area contributed by atoms with Crippen LogP contribution in [0.3, 0.4) is 0 Å². The van der Waals surface area contributed by atoms with Crippen LogP contribution in [0.5, 0.6) is 5.75 Å². The van der Waals surface area contributed by atoms with E-state index in [4.69, 9.17) is 9.15 Å². The number of pyridine rings is 1. The number of halogens is 3. The Balaban J connectivity index is 1.29. The van der Waals surface area contributed by atoms with Crippen LogP contribution >= 0.6 is 0 Å². The zero-order chi connectivity index (χ0) is 24.7. The Bertz CT molecular complexity index is 1260. The molecular formula is C24H19F3N4O4. The van der Waals surface area contributed by atoms with Gasteiger partial charge < -0.3 is 19.2 Å². The minimum Gasteiger partial charge on any atom is -0.460 e. The fraction of sp³-hybridized carbons (Fsp3) is 0.167. The number of hydrogen-bond donors (Lipinski definition) is 1. The highest BCUT2D eigenvalue weighted by Gasteiger charge is 2.31. The first kappa shape index (κ1) is 23.7. The van der Waals surface area contributed by atoms with Crippen LogP contribution in [0.1, 0.15) is 17.0 Å². The Labute approximate surface area is 197 Å². The van der Waals surface area contributed by atoms with Gasteiger partial charge in [0.2, 0.25) is 11.8 Å². The first-order chi connectivity index (χ1) is 16.8. The fourth-order valence-corrected chi connectivity index (χ4v) is 3.02. The van der Waals surface area contributed by atoms with Crippen LogP contribution in [0, 0.1) is 0 Å². The number of ether oxygens (including phenoxy) is 2. The molecule has 0 amide bonds. The standard InChI is InChI=1S/C24H19F3N4O4/c25-24(26,27)35-19-8-4-7-17(11-19)13-28-20-10-9-18(14-29-20)23-31-30-21(34-23)12-22(32)33-15-16-5-2-1-3-6-16/h1-11,14H,12-13,15H2,(H,28,29). The average Bonchev–Trinajstić information content (AvgIpc) is 3.30. The van der Waals surface area contributed by atoms with Gasteiger partial charge in [-0.1, -0.05) is 42.5 Å². The Morgan fingerprint density at radius 1 is 0.971 bits per heavy atom. The van der Waals surface area contributed by atoms with E-state index in [9.17, 15) is 18.0 Å². The molecule has 0 atom stereocenters. The van der Waals surface area contributed by atoms with E-state index in [0.29, 0.717) is 16.9 Å². The molecule has 2 heterocycles. The van der Waals surface area contributed by atoms with Gasteiger partial charge in [0.25, 0.3) is 0 Å². The summed E-state index contributed by atoms with van der Waals surface area (Å²) in [6.07, 6.45) is -3.42. The second-order valence-electron chi connectivity index (χ2n) is 7.30. The van der Waals surface area contributed by atoms with E-state index in [1.54, 1.807) is 18.2 Å². The van der Waals surface area contributed by atoms with Gasteiger partial charge in [-0.3, -0.25) is 4.79 Å². The smallest absolute Gasteiger partial charge is 0.460 e. The molecule has 0 saturated heterocycles. The van der Waals surface area contributed by atoms with Crippen LogP contribution < -0.4 is 10.1 Å². The highest BCUT2D eigenvalue weighted by Crippen LogP contribution is 2.24. The molecule has 2 aromatic carbocycles. The number of carbonyl (C=O) groups excluding carboxylic acids is 1. The number of anilines is 1. The van der Waals surface area contributed by atoms with Gasteiger partial charge in [-0.25, -0.2) is 4.98 Å². The molecule has 0 aliphatic rings. The van der Waals surface area contributed by atoms with Crippen molar-refractivity contribution in [1.82, 2.24) is 15.2 Å². The third-order valence-electron chi connectivity index (χ3n) is 4.62. The molecule has 4 aromatic rings. The van der Waals surface area contributed by atoms with E-state index in [1.165, 1.54) is 24.4 Å². The molecule has 0 aliphatic carbocycles. The molecule has 0 unspecified atom stereocenters. The van der Waals surface area contributed by atoms with Crippen molar-refractivity contribution >= 4 is 11.8 Å². The van der Waals surface area contributed by atoms with Crippen molar-refractivity contribution in [2.24, 2.45) is 0 Å². The lowest BCUT2D eigenvalue weighted by atomic mass is 10.2. The van der Waals surface area contributed by atoms with Crippen molar-refractivity contribution in [3.05, 3.63) is 89.9 Å². The Hall–Kier alpha value is -4.41. The topological polar surface area (TPSA) is 99.4 Å². The number of nitrogens with one attached hydrogen (secondary N) is 1. The van der Waals surface area contributed by atoms with Crippen molar-refractivity contribution in [3.63, 3.8) is 0 Å². The van der Waals surface area contributed by atoms with Gasteiger partial charge in [0.1, 0.15) is 24.6 Å². The molecule has 0 radical (unpaired) electrons. The van der Waals surface area contributed by atoms with Crippen molar-refractivity contribution in [3.8, 4) is 17.2 Å². The van der Waals surface area contributed by atoms with Crippen LogP contribution in [0.25, 0.3) is 11.5 Å². The zero-order valence-corrected chi connectivity index (χ0v) is 18.2. The highest BCUT2D eigenvalue weighted by atomic mass is 19.4. The number of benzene rings is 2. The summed E-state index contributed by atoms with van der Waals surface area (Å²) in [5, 5.41) is 10.8. The van der Waals surface area contributed by atoms with Crippen molar-refractivity contribution in [2.75, 3.05) is 5.32 Å². The maximum Gasteiger partial charge on any atom is 0.573 e. The van der Waals surface area contributed by atoms with Crippen LogP contribution in [0.15, 0.2) is 77.3 Å². The van der Waals surface area contributed by atoms with E-state index < -0.39 is 12.3 Å². The molecule has 0 fully saturated rings. The van der Waals surface area contributed by atoms with E-state index in [-0.39, 0.29) is 37.1 Å². The maximum absolute atomic E-state index is 12.4. The van der Waals surface area contributed by atoms with Crippen molar-refractivity contribution in [1.29, 1.82) is 0 Å². The van der Waals surface area contributed by atoms with Crippen molar-refractivity contribution in [2.45, 2.75) is 25.9 Å². The second-order valence-corrected chi connectivity index (χ2v) is 7.30. The minimum absolute atomic E-state index is 0.112. The summed E-state index contributed by atoms with van der Waals surface area (Å²) < 4.78 is 51.8. The monoisotopic (exact) mass is 484 g/mol. The van der Waals surface area contributed by atoms with Gasteiger partial charge in [0.15, 0.2) is 0 Å². The van der Waals surface area contributed by atoms with Crippen LogP contribution in [0.2, 0.25) is 0 Å². The Kier molecular flexibility index (Phi) is 7.24. The largest absolute Gasteiger partial charge is 0.573 e. The highest BCUT2D eigenvalue weighted by molar-refractivity contribution is 5.71. The maximum atomic E-state index is 12.4. The van der Waals surface area contributed by atoms with Crippen molar-refractivity contribution < 1.29 is 31.9 Å². The molecule has 1 N–H and O–H groups in total. The molecule has 11 heteroatoms. The summed E-state index contributed by atoms with van der Waals surface area (Å²) in [6, 6.07) is 18.3. The lowest BCUT2D eigenvalue weighted by Crippen LogP contribution is -2.17. The van der Waals surface area contributed by atoms with Gasteiger partial charge in [-0.15, -0.1) is 23.4 Å². The van der Waals surface area contributed by atoms with Gasteiger partial charge in [0.05, 0.1) is 5.56 Å². The summed E-state index contributed by atoms with van der Waals surface area (Å²) in [7, 11) is 0. The third kappa shape index (κ3) is 7.29. The second kappa shape index (κ2) is 10.7. The fourth-order valence-electron chi connectivity index (χ4n) is 3.02. The number of esters is 1. The molecule has 2 aromatic heterocycles. The minimum atomic E-state index is -4.75. The number of alkyl halides is 3. The molecule has 35 heavy (non-hydrogen) atoms. The summed E-state index contributed by atoms with van der Waals surface area (Å²) in [4.78, 5) is 16.3. The Morgan fingerprint density at radius 3 is 2.51 bits per heavy atom. The van der Waals surface area contributed by atoms with Crippen LogP contribution in [-0.2, 0) is 29.1 Å². The lowest BCUT2D eigenvalue weighted by Gasteiger charge is -2.10. The molecule has 0 spiro atoms. The van der Waals surface area contributed by atoms with Crippen LogP contribution in [-0.4, -0.2) is 27.5 Å². The number of carbonyl (C=O) groups is 1. The SMILES string of the molecule is O=C(Cc1nnc(-c2ccc(NCc3cccc(OC(F)(F)F)c3)nc2)o1)OCc1ccccc1. The predicted molar refractivity (Wildman–Crippen MR) is 118 cm³/mol. The van der Waals surface area contributed by atoms with Gasteiger partial charge in [0, 0.05) is 12.7 Å². The van der Waals surface area contributed by atoms with Crippen LogP contribution in [0.4, 0.5) is 19.0 Å². The third-order valence-corrected chi connectivity index (χ3v) is 4.62. The van der Waals surface area contributed by atoms with Gasteiger partial charge >= 0.3 is 12.3 Å². The number of hydrogen-bond acceptors (Lipinski definition) is 8. The first-order valence-corrected chi connectivity index (χ1v) is 10.4. The lowest BCUT2D eigenvalue weighted by molar-refractivity contribution is -0.274. The molecule has 0 bridgehead atoms. The molecular weight excluding hydrogens is 465 g/mol. The van der Waals surface area contributed by atoms with E-state index in [0.717, 1.165) is 5.56 Å². The first-order valence-electron chi connectivity index (χ1n) is 10.4. The van der Waals surface area contributed by atoms with E-state index in [1.807, 2.05) is 30.3 Å². The quantitative estimate of drug-likeness (QED) is 0.334. The number of aromatic nitrogens is 3.